The minimum atomic E-state index is -1.56. The van der Waals surface area contributed by atoms with Crippen molar-refractivity contribution in [1.29, 1.82) is 0 Å². The molecule has 2 N–H and O–H groups in total. The standard InChI is InChI=1S/C39H34FN5O4/c40-33-12-6-8-27(24-33)26-42-38(47)39(25-32-11-4-5-13-35(32)44-45-41)36(30-16-14-29(15-17-30)28-9-2-1-3-10-28)49-37(43-39)31-18-20-34(21-19-31)48-23-7-22-46/h1-6,8-21,24,36,46H,7,22-23,25-26H2,(H,42,47)/t36-,39-/m1/s1. The molecule has 0 aliphatic carbocycles. The van der Waals surface area contributed by atoms with Crippen molar-refractivity contribution in [2.75, 3.05) is 13.2 Å². The van der Waals surface area contributed by atoms with Gasteiger partial charge in [-0.3, -0.25) is 4.79 Å². The fourth-order valence-corrected chi connectivity index (χ4v) is 5.84. The van der Waals surface area contributed by atoms with Crippen LogP contribution in [0.5, 0.6) is 5.75 Å². The number of azide groups is 1. The van der Waals surface area contributed by atoms with Gasteiger partial charge < -0.3 is 19.9 Å². The van der Waals surface area contributed by atoms with Gasteiger partial charge in [-0.25, -0.2) is 9.38 Å². The number of ether oxygens (including phenoxy) is 2. The van der Waals surface area contributed by atoms with E-state index in [-0.39, 0.29) is 25.5 Å². The second-order valence-corrected chi connectivity index (χ2v) is 11.6. The molecule has 5 aromatic rings. The van der Waals surface area contributed by atoms with Gasteiger partial charge in [-0.2, -0.15) is 0 Å². The van der Waals surface area contributed by atoms with E-state index >= 15 is 0 Å². The molecule has 0 radical (unpaired) electrons. The summed E-state index contributed by atoms with van der Waals surface area (Å²) in [5.41, 5.74) is 12.7. The van der Waals surface area contributed by atoms with Gasteiger partial charge in [0.25, 0.3) is 5.91 Å². The average molecular weight is 656 g/mol. The highest BCUT2D eigenvalue weighted by atomic mass is 19.1. The summed E-state index contributed by atoms with van der Waals surface area (Å²) >= 11 is 0. The van der Waals surface area contributed by atoms with Crippen LogP contribution in [0.2, 0.25) is 0 Å². The molecule has 10 heteroatoms. The van der Waals surface area contributed by atoms with Gasteiger partial charge in [0.15, 0.2) is 11.6 Å². The van der Waals surface area contributed by atoms with Crippen molar-refractivity contribution in [1.82, 2.24) is 5.32 Å². The van der Waals surface area contributed by atoms with Crippen LogP contribution in [0.3, 0.4) is 0 Å². The molecule has 9 nitrogen and oxygen atoms in total. The van der Waals surface area contributed by atoms with Crippen molar-refractivity contribution in [2.24, 2.45) is 10.1 Å². The van der Waals surface area contributed by atoms with Crippen molar-refractivity contribution >= 4 is 17.5 Å². The third-order valence-electron chi connectivity index (χ3n) is 8.30. The monoisotopic (exact) mass is 655 g/mol. The summed E-state index contributed by atoms with van der Waals surface area (Å²) in [6, 6.07) is 38.0. The van der Waals surface area contributed by atoms with Crippen LogP contribution < -0.4 is 10.1 Å². The molecule has 0 saturated heterocycles. The number of benzene rings is 5. The lowest BCUT2D eigenvalue weighted by molar-refractivity contribution is -0.129. The SMILES string of the molecule is [N-]=[N+]=Nc1ccccc1C[C@@]1(C(=O)NCc2cccc(F)c2)N=C(c2ccc(OCCCO)cc2)O[C@@H]1c1ccc(-c2ccccc2)cc1. The van der Waals surface area contributed by atoms with E-state index in [9.17, 15) is 14.7 Å². The molecule has 2 atom stereocenters. The highest BCUT2D eigenvalue weighted by molar-refractivity contribution is 6.01. The van der Waals surface area contributed by atoms with Crippen LogP contribution in [0.1, 0.15) is 34.8 Å². The third kappa shape index (κ3) is 7.62. The number of carbonyl (C=O) groups excluding carboxylic acids is 1. The molecule has 1 aliphatic heterocycles. The molecule has 0 saturated carbocycles. The molecule has 1 amide bonds. The van der Waals surface area contributed by atoms with Crippen LogP contribution in [0, 0.1) is 5.82 Å². The number of rotatable bonds is 13. The number of carbonyl (C=O) groups is 1. The molecule has 6 rings (SSSR count). The zero-order valence-corrected chi connectivity index (χ0v) is 26.6. The number of hydrogen-bond donors (Lipinski definition) is 2. The number of aliphatic hydroxyl groups is 1. The number of aliphatic hydroxyl groups excluding tert-OH is 1. The number of amides is 1. The van der Waals surface area contributed by atoms with Crippen molar-refractivity contribution in [3.63, 3.8) is 0 Å². The number of halogens is 1. The van der Waals surface area contributed by atoms with E-state index in [2.05, 4.69) is 15.3 Å². The van der Waals surface area contributed by atoms with Gasteiger partial charge in [-0.05, 0) is 69.7 Å². The number of nitrogens with zero attached hydrogens (tertiary/aromatic N) is 4. The maximum absolute atomic E-state index is 14.6. The van der Waals surface area contributed by atoms with E-state index in [1.165, 1.54) is 12.1 Å². The lowest BCUT2D eigenvalue weighted by Gasteiger charge is -2.31. The predicted molar refractivity (Wildman–Crippen MR) is 186 cm³/mol. The molecule has 0 spiro atoms. The van der Waals surface area contributed by atoms with E-state index in [0.717, 1.165) is 11.1 Å². The fraction of sp³-hybridized carbons (Fsp3) is 0.179. The molecule has 49 heavy (non-hydrogen) atoms. The Morgan fingerprint density at radius 2 is 1.63 bits per heavy atom. The smallest absolute Gasteiger partial charge is 0.252 e. The summed E-state index contributed by atoms with van der Waals surface area (Å²) in [7, 11) is 0. The first-order chi connectivity index (χ1) is 24.0. The van der Waals surface area contributed by atoms with Crippen molar-refractivity contribution in [3.8, 4) is 16.9 Å². The molecule has 1 heterocycles. The second-order valence-electron chi connectivity index (χ2n) is 11.6. The normalized spacial score (nSPS) is 16.6. The first-order valence-electron chi connectivity index (χ1n) is 15.9. The Morgan fingerprint density at radius 1 is 0.918 bits per heavy atom. The number of hydrogen-bond acceptors (Lipinski definition) is 6. The maximum Gasteiger partial charge on any atom is 0.252 e. The lowest BCUT2D eigenvalue weighted by Crippen LogP contribution is -2.49. The molecule has 246 valence electrons. The van der Waals surface area contributed by atoms with Crippen molar-refractivity contribution in [3.05, 3.63) is 166 Å². The van der Waals surface area contributed by atoms with Crippen LogP contribution in [0.25, 0.3) is 21.6 Å². The zero-order valence-electron chi connectivity index (χ0n) is 26.6. The minimum Gasteiger partial charge on any atom is -0.494 e. The van der Waals surface area contributed by atoms with Gasteiger partial charge >= 0.3 is 0 Å². The maximum atomic E-state index is 14.6. The highest BCUT2D eigenvalue weighted by Crippen LogP contribution is 2.44. The summed E-state index contributed by atoms with van der Waals surface area (Å²) < 4.78 is 26.4. The molecule has 1 aliphatic rings. The summed E-state index contributed by atoms with van der Waals surface area (Å²) in [4.78, 5) is 22.7. The van der Waals surface area contributed by atoms with E-state index in [4.69, 9.17) is 19.6 Å². The van der Waals surface area contributed by atoms with E-state index in [1.54, 1.807) is 54.6 Å². The Morgan fingerprint density at radius 3 is 2.37 bits per heavy atom. The third-order valence-corrected chi connectivity index (χ3v) is 8.30. The molecule has 5 aromatic carbocycles. The van der Waals surface area contributed by atoms with Gasteiger partial charge in [0.05, 0.1) is 6.61 Å². The first kappa shape index (κ1) is 33.0. The Labute approximate surface area is 283 Å². The fourth-order valence-electron chi connectivity index (χ4n) is 5.84. The lowest BCUT2D eigenvalue weighted by atomic mass is 9.81. The van der Waals surface area contributed by atoms with E-state index in [1.807, 2.05) is 60.7 Å². The topological polar surface area (TPSA) is 129 Å². The highest BCUT2D eigenvalue weighted by Gasteiger charge is 2.53. The van der Waals surface area contributed by atoms with Crippen molar-refractivity contribution < 1.29 is 23.8 Å². The molecule has 0 aromatic heterocycles. The number of nitrogens with one attached hydrogen (secondary N) is 1. The van der Waals surface area contributed by atoms with Crippen LogP contribution in [-0.2, 0) is 22.5 Å². The first-order valence-corrected chi connectivity index (χ1v) is 15.9. The Kier molecular flexibility index (Phi) is 10.3. The van der Waals surface area contributed by atoms with Gasteiger partial charge in [0, 0.05) is 42.2 Å². The molecular weight excluding hydrogens is 621 g/mol. The average Bonchev–Trinajstić information content (AvgIpc) is 3.53. The summed E-state index contributed by atoms with van der Waals surface area (Å²) in [6.07, 6.45) is -0.347. The second kappa shape index (κ2) is 15.3. The van der Waals surface area contributed by atoms with Crippen LogP contribution in [-0.4, -0.2) is 35.7 Å². The number of aliphatic imine (C=N–C) groups is 1. The van der Waals surface area contributed by atoms with Crippen LogP contribution >= 0.6 is 0 Å². The molecular formula is C39H34FN5O4. The largest absolute Gasteiger partial charge is 0.494 e. The summed E-state index contributed by atoms with van der Waals surface area (Å²) in [6.45, 7) is 0.455. The van der Waals surface area contributed by atoms with Gasteiger partial charge in [-0.1, -0.05) is 96.1 Å². The van der Waals surface area contributed by atoms with Gasteiger partial charge in [0.1, 0.15) is 11.6 Å². The van der Waals surface area contributed by atoms with E-state index in [0.29, 0.717) is 46.7 Å². The molecule has 0 bridgehead atoms. The Bertz CT molecular complexity index is 1980. The molecule has 0 fully saturated rings. The Balaban J connectivity index is 1.44. The van der Waals surface area contributed by atoms with Crippen molar-refractivity contribution in [2.45, 2.75) is 31.0 Å². The Hall–Kier alpha value is -5.96. The molecule has 0 unspecified atom stereocenters. The summed E-state index contributed by atoms with van der Waals surface area (Å²) in [5, 5.41) is 16.0. The zero-order chi connectivity index (χ0) is 34.1. The van der Waals surface area contributed by atoms with Crippen LogP contribution in [0.4, 0.5) is 10.1 Å². The van der Waals surface area contributed by atoms with E-state index < -0.39 is 23.4 Å². The predicted octanol–water partition coefficient (Wildman–Crippen LogP) is 8.01. The summed E-state index contributed by atoms with van der Waals surface area (Å²) in [5.74, 6) is 0.0190. The minimum absolute atomic E-state index is 0.0304. The quantitative estimate of drug-likeness (QED) is 0.0576. The van der Waals surface area contributed by atoms with Gasteiger partial charge in [0.2, 0.25) is 5.90 Å². The van der Waals surface area contributed by atoms with Gasteiger partial charge in [-0.15, -0.1) is 0 Å². The van der Waals surface area contributed by atoms with Crippen LogP contribution in [0.15, 0.2) is 138 Å².